The molecule has 0 aromatic heterocycles. The molecule has 0 aliphatic carbocycles. The molecule has 16 heavy (non-hydrogen) atoms. The minimum absolute atomic E-state index is 0.133. The summed E-state index contributed by atoms with van der Waals surface area (Å²) in [5.41, 5.74) is 10.7. The lowest BCUT2D eigenvalue weighted by atomic mass is 10.1. The molecule has 1 aromatic carbocycles. The van der Waals surface area contributed by atoms with Gasteiger partial charge in [0.15, 0.2) is 0 Å². The van der Waals surface area contributed by atoms with Crippen LogP contribution in [-0.4, -0.2) is 18.0 Å². The molecule has 0 aliphatic heterocycles. The molecule has 0 unspecified atom stereocenters. The highest BCUT2D eigenvalue weighted by atomic mass is 19.1. The van der Waals surface area contributed by atoms with Crippen LogP contribution in [0.1, 0.15) is 24.2 Å². The van der Waals surface area contributed by atoms with Crippen molar-refractivity contribution in [2.24, 2.45) is 11.5 Å². The normalized spacial score (nSPS) is 11.2. The minimum atomic E-state index is -0.796. The van der Waals surface area contributed by atoms with E-state index in [1.165, 1.54) is 12.1 Å². The lowest BCUT2D eigenvalue weighted by Gasteiger charge is -2.20. The number of hydrogen-bond acceptors (Lipinski definition) is 3. The summed E-state index contributed by atoms with van der Waals surface area (Å²) in [7, 11) is 0. The summed E-state index contributed by atoms with van der Waals surface area (Å²) in [5, 5.41) is 2.91. The Morgan fingerprint density at radius 1 is 1.50 bits per heavy atom. The zero-order valence-corrected chi connectivity index (χ0v) is 9.38. The molecule has 5 N–H and O–H groups in total. The second-order valence-corrected chi connectivity index (χ2v) is 4.37. The summed E-state index contributed by atoms with van der Waals surface area (Å²) in [5.74, 6) is -1.43. The molecule has 0 spiro atoms. The number of primary amides is 1. The van der Waals surface area contributed by atoms with E-state index in [0.717, 1.165) is 0 Å². The maximum absolute atomic E-state index is 13.3. The maximum atomic E-state index is 13.3. The van der Waals surface area contributed by atoms with Gasteiger partial charge in [0.1, 0.15) is 5.82 Å². The third-order valence-electron chi connectivity index (χ3n) is 1.99. The molecule has 5 heteroatoms. The van der Waals surface area contributed by atoms with Crippen LogP contribution in [0.4, 0.5) is 10.1 Å². The number of hydrogen-bond donors (Lipinski definition) is 3. The third kappa shape index (κ3) is 3.20. The van der Waals surface area contributed by atoms with Crippen LogP contribution in [0.25, 0.3) is 0 Å². The van der Waals surface area contributed by atoms with E-state index in [4.69, 9.17) is 11.5 Å². The van der Waals surface area contributed by atoms with Gasteiger partial charge >= 0.3 is 0 Å². The summed E-state index contributed by atoms with van der Waals surface area (Å²) in [6.07, 6.45) is 0. The molecule has 88 valence electrons. The van der Waals surface area contributed by atoms with E-state index in [9.17, 15) is 9.18 Å². The molecule has 4 nitrogen and oxygen atoms in total. The van der Waals surface area contributed by atoms with Crippen molar-refractivity contribution in [3.8, 4) is 0 Å². The van der Waals surface area contributed by atoms with E-state index in [2.05, 4.69) is 5.32 Å². The molecule has 0 fully saturated rings. The van der Waals surface area contributed by atoms with E-state index < -0.39 is 17.3 Å². The molecule has 0 heterocycles. The molecule has 0 bridgehead atoms. The van der Waals surface area contributed by atoms with Crippen LogP contribution in [0.2, 0.25) is 0 Å². The largest absolute Gasteiger partial charge is 0.382 e. The highest BCUT2D eigenvalue weighted by Gasteiger charge is 2.16. The van der Waals surface area contributed by atoms with Gasteiger partial charge in [-0.1, -0.05) is 6.07 Å². The van der Waals surface area contributed by atoms with Crippen LogP contribution < -0.4 is 16.8 Å². The third-order valence-corrected chi connectivity index (χ3v) is 1.99. The van der Waals surface area contributed by atoms with Crippen molar-refractivity contribution >= 4 is 11.6 Å². The average molecular weight is 225 g/mol. The molecular formula is C11H16FN3O. The molecule has 0 saturated carbocycles. The Labute approximate surface area is 93.8 Å². The Kier molecular flexibility index (Phi) is 3.49. The van der Waals surface area contributed by atoms with Gasteiger partial charge in [-0.25, -0.2) is 4.39 Å². The van der Waals surface area contributed by atoms with Gasteiger partial charge in [0.05, 0.1) is 5.56 Å². The first-order chi connectivity index (χ1) is 7.31. The van der Waals surface area contributed by atoms with Crippen molar-refractivity contribution in [2.45, 2.75) is 19.4 Å². The van der Waals surface area contributed by atoms with Crippen molar-refractivity contribution < 1.29 is 9.18 Å². The highest BCUT2D eigenvalue weighted by Crippen LogP contribution is 2.18. The fourth-order valence-corrected chi connectivity index (χ4v) is 1.24. The topological polar surface area (TPSA) is 81.1 Å². The Morgan fingerprint density at radius 2 is 2.12 bits per heavy atom. The number of nitrogens with one attached hydrogen (secondary N) is 1. The Bertz CT molecular complexity index is 399. The van der Waals surface area contributed by atoms with Crippen LogP contribution in [0.3, 0.4) is 0 Å². The Balaban J connectivity index is 2.96. The summed E-state index contributed by atoms with van der Waals surface area (Å²) in [6.45, 7) is 4.06. The summed E-state index contributed by atoms with van der Waals surface area (Å²) in [4.78, 5) is 11.1. The van der Waals surface area contributed by atoms with Gasteiger partial charge in [-0.3, -0.25) is 4.79 Å². The van der Waals surface area contributed by atoms with E-state index in [1.807, 2.05) is 13.8 Å². The quantitative estimate of drug-likeness (QED) is 0.717. The first-order valence-electron chi connectivity index (χ1n) is 4.92. The predicted octanol–water partition coefficient (Wildman–Crippen LogP) is 1.07. The molecule has 0 radical (unpaired) electrons. The van der Waals surface area contributed by atoms with Crippen LogP contribution in [0.15, 0.2) is 18.2 Å². The van der Waals surface area contributed by atoms with E-state index in [-0.39, 0.29) is 5.56 Å². The number of nitrogens with two attached hydrogens (primary N) is 2. The SMILES string of the molecule is CC(C)(N)CNc1cccc(F)c1C(N)=O. The Morgan fingerprint density at radius 3 is 2.62 bits per heavy atom. The second kappa shape index (κ2) is 4.49. The fraction of sp³-hybridized carbons (Fsp3) is 0.364. The van der Waals surface area contributed by atoms with Crippen molar-refractivity contribution in [1.29, 1.82) is 0 Å². The van der Waals surface area contributed by atoms with E-state index in [1.54, 1.807) is 6.07 Å². The standard InChI is InChI=1S/C11H16FN3O/c1-11(2,14)6-15-8-5-3-4-7(12)9(8)10(13)16/h3-5,15H,6,14H2,1-2H3,(H2,13,16). The van der Waals surface area contributed by atoms with Crippen LogP contribution >= 0.6 is 0 Å². The second-order valence-electron chi connectivity index (χ2n) is 4.37. The van der Waals surface area contributed by atoms with Crippen molar-refractivity contribution in [2.75, 3.05) is 11.9 Å². The lowest BCUT2D eigenvalue weighted by Crippen LogP contribution is -2.40. The zero-order valence-electron chi connectivity index (χ0n) is 9.38. The monoisotopic (exact) mass is 225 g/mol. The van der Waals surface area contributed by atoms with Crippen molar-refractivity contribution in [1.82, 2.24) is 0 Å². The minimum Gasteiger partial charge on any atom is -0.382 e. The van der Waals surface area contributed by atoms with Gasteiger partial charge in [-0.2, -0.15) is 0 Å². The Hall–Kier alpha value is -1.62. The summed E-state index contributed by atoms with van der Waals surface area (Å²) >= 11 is 0. The van der Waals surface area contributed by atoms with Gasteiger partial charge < -0.3 is 16.8 Å². The molecule has 1 rings (SSSR count). The van der Waals surface area contributed by atoms with Gasteiger partial charge in [0.2, 0.25) is 0 Å². The molecule has 0 atom stereocenters. The smallest absolute Gasteiger partial charge is 0.253 e. The summed E-state index contributed by atoms with van der Waals surface area (Å²) < 4.78 is 13.3. The van der Waals surface area contributed by atoms with Crippen LogP contribution in [-0.2, 0) is 0 Å². The molecule has 1 aromatic rings. The van der Waals surface area contributed by atoms with Gasteiger partial charge in [0, 0.05) is 17.8 Å². The number of benzene rings is 1. The van der Waals surface area contributed by atoms with Crippen LogP contribution in [0.5, 0.6) is 0 Å². The maximum Gasteiger partial charge on any atom is 0.253 e. The molecule has 0 saturated heterocycles. The highest BCUT2D eigenvalue weighted by molar-refractivity contribution is 5.98. The number of carbonyl (C=O) groups excluding carboxylic acids is 1. The van der Waals surface area contributed by atoms with Crippen molar-refractivity contribution in [3.05, 3.63) is 29.6 Å². The lowest BCUT2D eigenvalue weighted by molar-refractivity contribution is 0.0997. The van der Waals surface area contributed by atoms with Gasteiger partial charge in [-0.15, -0.1) is 0 Å². The molecule has 1 amide bonds. The summed E-state index contributed by atoms with van der Waals surface area (Å²) in [6, 6.07) is 4.29. The molecular weight excluding hydrogens is 209 g/mol. The van der Waals surface area contributed by atoms with E-state index >= 15 is 0 Å². The number of rotatable bonds is 4. The zero-order chi connectivity index (χ0) is 12.3. The first kappa shape index (κ1) is 12.4. The van der Waals surface area contributed by atoms with Crippen LogP contribution in [0, 0.1) is 5.82 Å². The number of amides is 1. The average Bonchev–Trinajstić information content (AvgIpc) is 2.12. The molecule has 0 aliphatic rings. The van der Waals surface area contributed by atoms with E-state index in [0.29, 0.717) is 12.2 Å². The number of carbonyl (C=O) groups is 1. The fourth-order valence-electron chi connectivity index (χ4n) is 1.24. The number of halogens is 1. The predicted molar refractivity (Wildman–Crippen MR) is 61.7 cm³/mol. The van der Waals surface area contributed by atoms with Gasteiger partial charge in [-0.05, 0) is 26.0 Å². The number of anilines is 1. The van der Waals surface area contributed by atoms with Crippen molar-refractivity contribution in [3.63, 3.8) is 0 Å². The first-order valence-corrected chi connectivity index (χ1v) is 4.92. The van der Waals surface area contributed by atoms with Gasteiger partial charge in [0.25, 0.3) is 5.91 Å².